The van der Waals surface area contributed by atoms with Gasteiger partial charge in [-0.1, -0.05) is 196 Å². The smallest absolute Gasteiger partial charge is 0.306 e. The highest BCUT2D eigenvalue weighted by molar-refractivity contribution is 5.71. The summed E-state index contributed by atoms with van der Waals surface area (Å²) in [7, 11) is 0. The van der Waals surface area contributed by atoms with Crippen LogP contribution in [-0.4, -0.2) is 37.2 Å². The average Bonchev–Trinajstić information content (AvgIpc) is 3.24. The predicted octanol–water partition coefficient (Wildman–Crippen LogP) is 16.0. The van der Waals surface area contributed by atoms with Gasteiger partial charge in [-0.3, -0.25) is 14.4 Å². The van der Waals surface area contributed by atoms with Crippen molar-refractivity contribution in [2.24, 2.45) is 0 Å². The van der Waals surface area contributed by atoms with Gasteiger partial charge < -0.3 is 14.2 Å². The van der Waals surface area contributed by atoms with Crippen molar-refractivity contribution in [1.29, 1.82) is 0 Å². The molecule has 0 radical (unpaired) electrons. The van der Waals surface area contributed by atoms with Crippen LogP contribution in [0.15, 0.2) is 85.1 Å². The Morgan fingerprint density at radius 3 is 1.05 bits per heavy atom. The van der Waals surface area contributed by atoms with E-state index in [2.05, 4.69) is 106 Å². The van der Waals surface area contributed by atoms with Gasteiger partial charge in [-0.2, -0.15) is 0 Å². The molecule has 0 aliphatic carbocycles. The van der Waals surface area contributed by atoms with Gasteiger partial charge in [0, 0.05) is 19.3 Å². The minimum Gasteiger partial charge on any atom is -0.462 e. The highest BCUT2D eigenvalue weighted by Crippen LogP contribution is 2.14. The quantitative estimate of drug-likeness (QED) is 0.0263. The number of esters is 3. The summed E-state index contributed by atoms with van der Waals surface area (Å²) >= 11 is 0. The molecule has 0 aromatic carbocycles. The van der Waals surface area contributed by atoms with Gasteiger partial charge in [0.25, 0.3) is 0 Å². The molecule has 1 atom stereocenters. The van der Waals surface area contributed by atoms with Gasteiger partial charge in [0.15, 0.2) is 6.10 Å². The van der Waals surface area contributed by atoms with Crippen LogP contribution in [0, 0.1) is 0 Å². The summed E-state index contributed by atoms with van der Waals surface area (Å²) < 4.78 is 16.7. The van der Waals surface area contributed by atoms with E-state index in [4.69, 9.17) is 14.2 Å². The summed E-state index contributed by atoms with van der Waals surface area (Å²) in [5, 5.41) is 0. The summed E-state index contributed by atoms with van der Waals surface area (Å²) in [6.45, 7) is 6.35. The number of rotatable bonds is 43. The van der Waals surface area contributed by atoms with E-state index in [-0.39, 0.29) is 37.5 Å². The van der Waals surface area contributed by atoms with E-state index in [1.807, 2.05) is 0 Å². The van der Waals surface area contributed by atoms with Gasteiger partial charge in [-0.15, -0.1) is 0 Å². The number of ether oxygens (including phenoxy) is 3. The molecule has 6 nitrogen and oxygen atoms in total. The van der Waals surface area contributed by atoms with Gasteiger partial charge in [0.2, 0.25) is 0 Å². The van der Waals surface area contributed by atoms with Gasteiger partial charge in [0.05, 0.1) is 0 Å². The van der Waals surface area contributed by atoms with E-state index in [1.54, 1.807) is 0 Å². The second kappa shape index (κ2) is 48.3. The van der Waals surface area contributed by atoms with E-state index in [0.717, 1.165) is 116 Å². The van der Waals surface area contributed by atoms with Gasteiger partial charge in [-0.05, 0) is 89.9 Å². The molecule has 0 aliphatic rings. The number of hydrogen-bond acceptors (Lipinski definition) is 6. The first-order valence-electron chi connectivity index (χ1n) is 24.6. The maximum atomic E-state index is 12.8. The van der Waals surface area contributed by atoms with E-state index in [1.165, 1.54) is 57.8 Å². The molecule has 0 amide bonds. The molecule has 0 rings (SSSR count). The third kappa shape index (κ3) is 45.7. The van der Waals surface area contributed by atoms with E-state index >= 15 is 0 Å². The first kappa shape index (κ1) is 56.6. The summed E-state index contributed by atoms with van der Waals surface area (Å²) in [5.41, 5.74) is 0. The van der Waals surface area contributed by atoms with Crippen LogP contribution in [0.25, 0.3) is 0 Å². The lowest BCUT2D eigenvalue weighted by Crippen LogP contribution is -2.30. The molecule has 60 heavy (non-hydrogen) atoms. The summed E-state index contributed by atoms with van der Waals surface area (Å²) in [6.07, 6.45) is 61.4. The molecule has 0 aromatic heterocycles. The van der Waals surface area contributed by atoms with Crippen LogP contribution < -0.4 is 0 Å². The lowest BCUT2D eigenvalue weighted by Gasteiger charge is -2.18. The Bertz CT molecular complexity index is 1190. The fourth-order valence-electron chi connectivity index (χ4n) is 6.50. The van der Waals surface area contributed by atoms with Crippen molar-refractivity contribution in [3.63, 3.8) is 0 Å². The zero-order valence-electron chi connectivity index (χ0n) is 38.9. The Labute approximate surface area is 369 Å². The molecule has 0 fully saturated rings. The Hall–Kier alpha value is -3.41. The molecule has 0 saturated carbocycles. The molecule has 0 heterocycles. The standard InChI is InChI=1S/C54H90O6/c1-4-7-10-13-16-19-22-25-27-29-32-35-38-41-44-47-53(56)59-50-51(49-58-52(55)46-43-40-37-34-31-24-21-18-15-12-9-6-3)60-54(57)48-45-42-39-36-33-30-28-26-23-20-17-14-11-8-5-2/h7-8,10-11,16-17,19-20,25-28,33,36,51H,4-6,9,12-15,18,21-24,29-32,34-35,37-50H2,1-3H3/b10-7-,11-8-,19-16-,20-17-,27-25-,28-26-,36-33-/t51-/m0/s1. The Kier molecular flexibility index (Phi) is 45.5. The lowest BCUT2D eigenvalue weighted by atomic mass is 10.0. The van der Waals surface area contributed by atoms with Crippen LogP contribution >= 0.6 is 0 Å². The van der Waals surface area contributed by atoms with Crippen LogP contribution in [0.1, 0.15) is 220 Å². The van der Waals surface area contributed by atoms with Crippen molar-refractivity contribution >= 4 is 17.9 Å². The monoisotopic (exact) mass is 835 g/mol. The molecular formula is C54H90O6. The highest BCUT2D eigenvalue weighted by Gasteiger charge is 2.19. The molecule has 6 heteroatoms. The van der Waals surface area contributed by atoms with Crippen molar-refractivity contribution in [3.05, 3.63) is 85.1 Å². The van der Waals surface area contributed by atoms with Gasteiger partial charge in [0.1, 0.15) is 13.2 Å². The third-order valence-electron chi connectivity index (χ3n) is 10.1. The van der Waals surface area contributed by atoms with Crippen LogP contribution in [-0.2, 0) is 28.6 Å². The Balaban J connectivity index is 4.49. The number of carbonyl (C=O) groups excluding carboxylic acids is 3. The first-order chi connectivity index (χ1) is 29.5. The van der Waals surface area contributed by atoms with Crippen molar-refractivity contribution in [1.82, 2.24) is 0 Å². The minimum atomic E-state index is -0.803. The topological polar surface area (TPSA) is 78.9 Å². The fraction of sp³-hybridized carbons (Fsp3) is 0.685. The highest BCUT2D eigenvalue weighted by atomic mass is 16.6. The maximum absolute atomic E-state index is 12.8. The largest absolute Gasteiger partial charge is 0.462 e. The van der Waals surface area contributed by atoms with Crippen molar-refractivity contribution < 1.29 is 28.6 Å². The normalized spacial score (nSPS) is 12.8. The average molecular weight is 835 g/mol. The zero-order chi connectivity index (χ0) is 43.7. The molecule has 0 saturated heterocycles. The minimum absolute atomic E-state index is 0.0981. The third-order valence-corrected chi connectivity index (χ3v) is 10.1. The van der Waals surface area contributed by atoms with Crippen molar-refractivity contribution in [3.8, 4) is 0 Å². The summed E-state index contributed by atoms with van der Waals surface area (Å²) in [5.74, 6) is -0.961. The van der Waals surface area contributed by atoms with Crippen LogP contribution in [0.2, 0.25) is 0 Å². The predicted molar refractivity (Wildman–Crippen MR) is 256 cm³/mol. The van der Waals surface area contributed by atoms with Crippen LogP contribution in [0.4, 0.5) is 0 Å². The number of unbranched alkanes of at least 4 members (excludes halogenated alkanes) is 18. The molecule has 0 N–H and O–H groups in total. The summed E-state index contributed by atoms with van der Waals surface area (Å²) in [4.78, 5) is 37.9. The second-order valence-electron chi connectivity index (χ2n) is 16.0. The van der Waals surface area contributed by atoms with Gasteiger partial charge in [-0.25, -0.2) is 0 Å². The van der Waals surface area contributed by atoms with Crippen LogP contribution in [0.3, 0.4) is 0 Å². The number of allylic oxidation sites excluding steroid dienone is 14. The van der Waals surface area contributed by atoms with Crippen molar-refractivity contribution in [2.45, 2.75) is 226 Å². The van der Waals surface area contributed by atoms with Gasteiger partial charge >= 0.3 is 17.9 Å². The number of carbonyl (C=O) groups is 3. The zero-order valence-corrected chi connectivity index (χ0v) is 38.9. The Morgan fingerprint density at radius 2 is 0.650 bits per heavy atom. The molecule has 0 aromatic rings. The molecule has 0 bridgehead atoms. The lowest BCUT2D eigenvalue weighted by molar-refractivity contribution is -0.167. The second-order valence-corrected chi connectivity index (χ2v) is 16.0. The summed E-state index contributed by atoms with van der Waals surface area (Å²) in [6, 6.07) is 0. The van der Waals surface area contributed by atoms with E-state index < -0.39 is 6.10 Å². The Morgan fingerprint density at radius 1 is 0.350 bits per heavy atom. The van der Waals surface area contributed by atoms with Crippen LogP contribution in [0.5, 0.6) is 0 Å². The maximum Gasteiger partial charge on any atom is 0.306 e. The molecule has 0 aliphatic heterocycles. The fourth-order valence-corrected chi connectivity index (χ4v) is 6.50. The number of hydrogen-bond donors (Lipinski definition) is 0. The molecule has 0 unspecified atom stereocenters. The molecular weight excluding hydrogens is 745 g/mol. The van der Waals surface area contributed by atoms with E-state index in [9.17, 15) is 14.4 Å². The SMILES string of the molecule is CC/C=C\C/C=C\C/C=C\C/C=C\CCCCC(=O)O[C@H](COC(=O)CCCCCCC/C=C\C/C=C\C/C=C\CC)COC(=O)CCCCCCCCCCCCCC. The van der Waals surface area contributed by atoms with Crippen molar-refractivity contribution in [2.75, 3.05) is 13.2 Å². The molecule has 342 valence electrons. The van der Waals surface area contributed by atoms with E-state index in [0.29, 0.717) is 19.3 Å². The molecule has 0 spiro atoms. The first-order valence-corrected chi connectivity index (χ1v) is 24.6.